The van der Waals surface area contributed by atoms with Crippen LogP contribution in [0.2, 0.25) is 0 Å². The number of hydrogen-bond acceptors (Lipinski definition) is 5. The largest absolute Gasteiger partial charge is 0.480 e. The molecule has 1 aliphatic rings. The summed E-state index contributed by atoms with van der Waals surface area (Å²) in [6.45, 7) is 1.46. The monoisotopic (exact) mass is 254 g/mol. The number of carbonyl (C=O) groups excluding carboxylic acids is 1. The molecular formula is C10H14N4O4. The molecule has 0 aromatic carbocycles. The van der Waals surface area contributed by atoms with Crippen molar-refractivity contribution in [1.29, 1.82) is 0 Å². The predicted octanol–water partition coefficient (Wildman–Crippen LogP) is -0.674. The van der Waals surface area contributed by atoms with Gasteiger partial charge in [-0.05, 0) is 6.92 Å². The molecule has 8 heteroatoms. The Kier molecular flexibility index (Phi) is 2.74. The van der Waals surface area contributed by atoms with Crippen molar-refractivity contribution in [2.24, 2.45) is 0 Å². The van der Waals surface area contributed by atoms with Gasteiger partial charge in [-0.1, -0.05) is 0 Å². The molecular weight excluding hydrogens is 240 g/mol. The van der Waals surface area contributed by atoms with Crippen molar-refractivity contribution in [3.8, 4) is 0 Å². The van der Waals surface area contributed by atoms with E-state index < -0.39 is 24.3 Å². The van der Waals surface area contributed by atoms with Gasteiger partial charge in [0.1, 0.15) is 6.04 Å². The van der Waals surface area contributed by atoms with Crippen molar-refractivity contribution in [2.75, 3.05) is 19.0 Å². The maximum Gasteiger partial charge on any atom is 0.326 e. The van der Waals surface area contributed by atoms with E-state index in [1.165, 1.54) is 29.8 Å². The summed E-state index contributed by atoms with van der Waals surface area (Å²) in [7, 11) is 3.02. The molecule has 2 rings (SSSR count). The van der Waals surface area contributed by atoms with Gasteiger partial charge in [0, 0.05) is 14.1 Å². The first kappa shape index (κ1) is 12.4. The van der Waals surface area contributed by atoms with E-state index >= 15 is 0 Å². The summed E-state index contributed by atoms with van der Waals surface area (Å²) in [6.07, 6.45) is 0.192. The van der Waals surface area contributed by atoms with E-state index in [0.717, 1.165) is 4.90 Å². The molecule has 1 aliphatic heterocycles. The average Bonchev–Trinajstić information content (AvgIpc) is 2.77. The molecule has 1 aromatic heterocycles. The van der Waals surface area contributed by atoms with Crippen LogP contribution in [0, 0.1) is 0 Å². The summed E-state index contributed by atoms with van der Waals surface area (Å²) in [5.74, 6) is -1.24. The first-order valence-electron chi connectivity index (χ1n) is 5.34. The van der Waals surface area contributed by atoms with E-state index in [0.29, 0.717) is 0 Å². The third-order valence-corrected chi connectivity index (χ3v) is 3.10. The molecule has 0 aliphatic carbocycles. The second-order valence-electron chi connectivity index (χ2n) is 4.21. The van der Waals surface area contributed by atoms with Crippen molar-refractivity contribution in [3.63, 3.8) is 0 Å². The lowest BCUT2D eigenvalue weighted by atomic mass is 10.2. The topological polar surface area (TPSA) is 98.9 Å². The molecule has 1 amide bonds. The van der Waals surface area contributed by atoms with Crippen LogP contribution in [0.5, 0.6) is 0 Å². The summed E-state index contributed by atoms with van der Waals surface area (Å²) in [4.78, 5) is 29.6. The molecule has 8 nitrogen and oxygen atoms in total. The predicted molar refractivity (Wildman–Crippen MR) is 61.1 cm³/mol. The number of rotatable bonds is 2. The number of aliphatic carboxylic acids is 1. The Morgan fingerprint density at radius 1 is 1.44 bits per heavy atom. The first-order chi connectivity index (χ1) is 8.36. The maximum absolute atomic E-state index is 12.1. The van der Waals surface area contributed by atoms with Crippen LogP contribution in [-0.4, -0.2) is 57.0 Å². The van der Waals surface area contributed by atoms with Crippen LogP contribution in [0.1, 0.15) is 23.5 Å². The van der Waals surface area contributed by atoms with Crippen LogP contribution in [0.15, 0.2) is 6.33 Å². The van der Waals surface area contributed by atoms with Gasteiger partial charge in [0.2, 0.25) is 6.35 Å². The number of aliphatic hydroxyl groups is 1. The Bertz CT molecular complexity index is 512. The fourth-order valence-electron chi connectivity index (χ4n) is 1.87. The highest BCUT2D eigenvalue weighted by Crippen LogP contribution is 2.28. The normalized spacial score (nSPS) is 20.9. The van der Waals surface area contributed by atoms with E-state index in [1.54, 1.807) is 7.05 Å². The van der Waals surface area contributed by atoms with Gasteiger partial charge in [-0.3, -0.25) is 9.69 Å². The Hall–Kier alpha value is -2.09. The van der Waals surface area contributed by atoms with E-state index in [2.05, 4.69) is 4.98 Å². The van der Waals surface area contributed by atoms with E-state index in [1.807, 2.05) is 0 Å². The number of anilines is 1. The van der Waals surface area contributed by atoms with Gasteiger partial charge in [-0.15, -0.1) is 0 Å². The smallest absolute Gasteiger partial charge is 0.326 e. The standard InChI is InChI=1S/C10H14N4O4/c1-5(9(16)17)14-4-11-7-6(14)8(15)13(3)10(18)12(7)2/h4-5,10,18H,1-3H3,(H,16,17). The Morgan fingerprint density at radius 2 is 2.06 bits per heavy atom. The van der Waals surface area contributed by atoms with Crippen molar-refractivity contribution in [1.82, 2.24) is 14.5 Å². The van der Waals surface area contributed by atoms with Gasteiger partial charge in [0.05, 0.1) is 6.33 Å². The van der Waals surface area contributed by atoms with Crippen molar-refractivity contribution in [2.45, 2.75) is 19.3 Å². The molecule has 0 saturated carbocycles. The van der Waals surface area contributed by atoms with Gasteiger partial charge < -0.3 is 19.7 Å². The average molecular weight is 254 g/mol. The Labute approximate surface area is 103 Å². The molecule has 1 aromatic rings. The lowest BCUT2D eigenvalue weighted by Gasteiger charge is -2.36. The van der Waals surface area contributed by atoms with Crippen LogP contribution >= 0.6 is 0 Å². The fourth-order valence-corrected chi connectivity index (χ4v) is 1.87. The molecule has 2 N–H and O–H groups in total. The zero-order chi connectivity index (χ0) is 13.6. The van der Waals surface area contributed by atoms with Crippen LogP contribution in [0.4, 0.5) is 5.82 Å². The molecule has 0 spiro atoms. The third kappa shape index (κ3) is 1.53. The summed E-state index contributed by atoms with van der Waals surface area (Å²) in [6, 6.07) is -0.901. The molecule has 0 bridgehead atoms. The summed E-state index contributed by atoms with van der Waals surface area (Å²) >= 11 is 0. The van der Waals surface area contributed by atoms with Gasteiger partial charge in [-0.2, -0.15) is 0 Å². The van der Waals surface area contributed by atoms with Gasteiger partial charge in [-0.25, -0.2) is 9.78 Å². The van der Waals surface area contributed by atoms with Gasteiger partial charge in [0.15, 0.2) is 11.5 Å². The zero-order valence-corrected chi connectivity index (χ0v) is 10.2. The summed E-state index contributed by atoms with van der Waals surface area (Å²) < 4.78 is 1.29. The van der Waals surface area contributed by atoms with Crippen molar-refractivity contribution < 1.29 is 19.8 Å². The second kappa shape index (κ2) is 3.98. The third-order valence-electron chi connectivity index (χ3n) is 3.10. The van der Waals surface area contributed by atoms with Gasteiger partial charge in [0.25, 0.3) is 5.91 Å². The fraction of sp³-hybridized carbons (Fsp3) is 0.500. The van der Waals surface area contributed by atoms with Crippen LogP contribution in [0.25, 0.3) is 0 Å². The number of fused-ring (bicyclic) bond motifs is 1. The van der Waals surface area contributed by atoms with E-state index in [9.17, 15) is 14.7 Å². The van der Waals surface area contributed by atoms with Gasteiger partial charge >= 0.3 is 5.97 Å². The number of amides is 1. The number of carbonyl (C=O) groups is 2. The number of carboxylic acids is 1. The Balaban J connectivity index is 2.55. The molecule has 0 fully saturated rings. The highest BCUT2D eigenvalue weighted by atomic mass is 16.4. The highest BCUT2D eigenvalue weighted by molar-refractivity contribution is 5.99. The van der Waals surface area contributed by atoms with E-state index in [4.69, 9.17) is 5.11 Å². The minimum Gasteiger partial charge on any atom is -0.480 e. The molecule has 2 atom stereocenters. The minimum absolute atomic E-state index is 0.167. The lowest BCUT2D eigenvalue weighted by Crippen LogP contribution is -2.52. The first-order valence-corrected chi connectivity index (χ1v) is 5.34. The summed E-state index contributed by atoms with van der Waals surface area (Å²) in [5, 5.41) is 18.8. The number of imidazole rings is 1. The van der Waals surface area contributed by atoms with Crippen LogP contribution in [0.3, 0.4) is 0 Å². The number of aliphatic hydroxyl groups excluding tert-OH is 1. The van der Waals surface area contributed by atoms with E-state index in [-0.39, 0.29) is 11.5 Å². The highest BCUT2D eigenvalue weighted by Gasteiger charge is 2.37. The molecule has 18 heavy (non-hydrogen) atoms. The second-order valence-corrected chi connectivity index (χ2v) is 4.21. The van der Waals surface area contributed by atoms with Crippen molar-refractivity contribution >= 4 is 17.7 Å². The molecule has 0 saturated heterocycles. The molecule has 2 heterocycles. The molecule has 2 unspecified atom stereocenters. The van der Waals surface area contributed by atoms with Crippen LogP contribution in [-0.2, 0) is 4.79 Å². The zero-order valence-electron chi connectivity index (χ0n) is 10.2. The van der Waals surface area contributed by atoms with Crippen molar-refractivity contribution in [3.05, 3.63) is 12.0 Å². The SMILES string of the molecule is CC(C(=O)O)n1cnc2c1C(=O)N(C)C(O)N2C. The number of carboxylic acid groups (broad SMARTS) is 1. The quantitative estimate of drug-likeness (QED) is 0.726. The number of aromatic nitrogens is 2. The number of nitrogens with zero attached hydrogens (tertiary/aromatic N) is 4. The molecule has 98 valence electrons. The van der Waals surface area contributed by atoms with Crippen LogP contribution < -0.4 is 4.90 Å². The minimum atomic E-state index is -1.10. The lowest BCUT2D eigenvalue weighted by molar-refractivity contribution is -0.140. The summed E-state index contributed by atoms with van der Waals surface area (Å²) in [5.41, 5.74) is 0.167. The molecule has 0 radical (unpaired) electrons. The Morgan fingerprint density at radius 3 is 2.61 bits per heavy atom. The maximum atomic E-state index is 12.1. The number of hydrogen-bond donors (Lipinski definition) is 2.